The van der Waals surface area contributed by atoms with Crippen LogP contribution < -0.4 is 0 Å². The van der Waals surface area contributed by atoms with Gasteiger partial charge in [0.25, 0.3) is 0 Å². The van der Waals surface area contributed by atoms with E-state index in [2.05, 4.69) is 4.74 Å². The van der Waals surface area contributed by atoms with Crippen LogP contribution in [0.2, 0.25) is 0 Å². The lowest BCUT2D eigenvalue weighted by Crippen LogP contribution is -2.13. The second-order valence-corrected chi connectivity index (χ2v) is 2.85. The quantitative estimate of drug-likeness (QED) is 0.417. The van der Waals surface area contributed by atoms with E-state index in [1.165, 1.54) is 6.92 Å². The van der Waals surface area contributed by atoms with E-state index in [0.717, 1.165) is 0 Å². The second kappa shape index (κ2) is 6.18. The zero-order chi connectivity index (χ0) is 11.1. The lowest BCUT2D eigenvalue weighted by atomic mass is 10.1. The van der Waals surface area contributed by atoms with Gasteiger partial charge in [-0.3, -0.25) is 4.79 Å². The van der Waals surface area contributed by atoms with Crippen molar-refractivity contribution in [2.45, 2.75) is 33.6 Å². The summed E-state index contributed by atoms with van der Waals surface area (Å²) in [5.74, 6) is -1.68. The molecule has 0 radical (unpaired) electrons. The molecule has 0 amide bonds. The summed E-state index contributed by atoms with van der Waals surface area (Å²) in [7, 11) is 0. The van der Waals surface area contributed by atoms with E-state index in [1.54, 1.807) is 6.92 Å². The van der Waals surface area contributed by atoms with Crippen LogP contribution in [0.5, 0.6) is 0 Å². The molecule has 0 aromatic heterocycles. The Morgan fingerprint density at radius 3 is 2.21 bits per heavy atom. The molecule has 0 unspecified atom stereocenters. The minimum atomic E-state index is -0.828. The van der Waals surface area contributed by atoms with Crippen LogP contribution in [0.4, 0.5) is 0 Å². The first-order chi connectivity index (χ1) is 6.54. The summed E-state index contributed by atoms with van der Waals surface area (Å²) in [5, 5.41) is 9.39. The first kappa shape index (κ1) is 12.7. The number of hydrogen-bond acceptors (Lipinski definition) is 4. The molecule has 4 nitrogen and oxygen atoms in total. The molecule has 0 aliphatic rings. The van der Waals surface area contributed by atoms with Crippen LogP contribution in [0.1, 0.15) is 33.6 Å². The van der Waals surface area contributed by atoms with Crippen LogP contribution in [0.25, 0.3) is 0 Å². The number of carbonyl (C=O) groups excluding carboxylic acids is 2. The fourth-order valence-electron chi connectivity index (χ4n) is 1.03. The Hall–Kier alpha value is -1.32. The van der Waals surface area contributed by atoms with Gasteiger partial charge in [0, 0.05) is 5.57 Å². The molecule has 0 aromatic carbocycles. The Morgan fingerprint density at radius 2 is 1.86 bits per heavy atom. The van der Waals surface area contributed by atoms with E-state index in [1.807, 2.05) is 6.92 Å². The minimum Gasteiger partial charge on any atom is -0.502 e. The van der Waals surface area contributed by atoms with Crippen molar-refractivity contribution in [3.63, 3.8) is 0 Å². The van der Waals surface area contributed by atoms with Crippen molar-refractivity contribution in [2.24, 2.45) is 0 Å². The number of hydrogen-bond donors (Lipinski definition) is 1. The van der Waals surface area contributed by atoms with Crippen molar-refractivity contribution in [3.05, 3.63) is 11.3 Å². The largest absolute Gasteiger partial charge is 0.502 e. The Bertz CT molecular complexity index is 253. The number of esters is 1. The van der Waals surface area contributed by atoms with Gasteiger partial charge in [0.1, 0.15) is 0 Å². The van der Waals surface area contributed by atoms with Crippen LogP contribution >= 0.6 is 0 Å². The molecular formula is C10H16O4. The third-order valence-corrected chi connectivity index (χ3v) is 1.68. The molecule has 0 aliphatic carbocycles. The Labute approximate surface area is 83.6 Å². The molecule has 4 heteroatoms. The number of aliphatic hydroxyl groups is 1. The number of Topliss-reactive ketones (excluding diaryl/α,β-unsaturated/α-hetero) is 1. The van der Waals surface area contributed by atoms with Crippen molar-refractivity contribution in [3.8, 4) is 0 Å². The zero-order valence-corrected chi connectivity index (χ0v) is 8.79. The Balaban J connectivity index is 4.79. The number of ketones is 1. The monoisotopic (exact) mass is 200 g/mol. The predicted octanol–water partition coefficient (Wildman–Crippen LogP) is 1.75. The van der Waals surface area contributed by atoms with E-state index in [-0.39, 0.29) is 18.0 Å². The van der Waals surface area contributed by atoms with Gasteiger partial charge in [-0.1, -0.05) is 13.3 Å². The first-order valence-corrected chi connectivity index (χ1v) is 4.64. The molecule has 1 N–H and O–H groups in total. The molecule has 0 heterocycles. The maximum atomic E-state index is 11.1. The third kappa shape index (κ3) is 3.60. The van der Waals surface area contributed by atoms with Crippen LogP contribution in [-0.2, 0) is 14.3 Å². The third-order valence-electron chi connectivity index (χ3n) is 1.68. The minimum absolute atomic E-state index is 0.144. The van der Waals surface area contributed by atoms with Gasteiger partial charge >= 0.3 is 5.97 Å². The molecule has 80 valence electrons. The summed E-state index contributed by atoms with van der Waals surface area (Å²) < 4.78 is 4.58. The van der Waals surface area contributed by atoms with E-state index in [4.69, 9.17) is 0 Å². The van der Waals surface area contributed by atoms with Crippen LogP contribution in [-0.4, -0.2) is 23.5 Å². The van der Waals surface area contributed by atoms with E-state index < -0.39 is 11.7 Å². The van der Waals surface area contributed by atoms with Gasteiger partial charge in [-0.15, -0.1) is 0 Å². The number of aliphatic hydroxyl groups excluding tert-OH is 1. The molecule has 0 spiro atoms. The molecule has 14 heavy (non-hydrogen) atoms. The summed E-state index contributed by atoms with van der Waals surface area (Å²) in [6, 6.07) is 0. The summed E-state index contributed by atoms with van der Waals surface area (Å²) in [6.07, 6.45) is 1.08. The predicted molar refractivity (Wildman–Crippen MR) is 51.9 cm³/mol. The van der Waals surface area contributed by atoms with Crippen molar-refractivity contribution in [2.75, 3.05) is 6.61 Å². The maximum absolute atomic E-state index is 11.1. The maximum Gasteiger partial charge on any atom is 0.373 e. The normalized spacial score (nSPS) is 11.9. The van der Waals surface area contributed by atoms with Gasteiger partial charge in [-0.25, -0.2) is 4.79 Å². The summed E-state index contributed by atoms with van der Waals surface area (Å²) in [5.41, 5.74) is 0.144. The number of rotatable bonds is 5. The highest BCUT2D eigenvalue weighted by molar-refractivity contribution is 6.01. The summed E-state index contributed by atoms with van der Waals surface area (Å²) in [4.78, 5) is 22.1. The van der Waals surface area contributed by atoms with Gasteiger partial charge in [-0.05, 0) is 20.3 Å². The number of allylic oxidation sites excluding steroid dienone is 1. The average Bonchev–Trinajstić information content (AvgIpc) is 2.13. The van der Waals surface area contributed by atoms with Gasteiger partial charge in [0.15, 0.2) is 5.78 Å². The standard InChI is InChI=1S/C10H16O4/c1-4-6-8(7(3)11)9(12)10(13)14-5-2/h12H,4-6H2,1-3H3. The SMILES string of the molecule is CCCC(C(C)=O)=C(O)C(=O)OCC. The van der Waals surface area contributed by atoms with Gasteiger partial charge in [0.05, 0.1) is 6.61 Å². The molecular weight excluding hydrogens is 184 g/mol. The van der Waals surface area contributed by atoms with Crippen molar-refractivity contribution >= 4 is 11.8 Å². The highest BCUT2D eigenvalue weighted by Gasteiger charge is 2.17. The molecule has 0 atom stereocenters. The number of ether oxygens (including phenoxy) is 1. The second-order valence-electron chi connectivity index (χ2n) is 2.85. The van der Waals surface area contributed by atoms with Crippen LogP contribution in [0.3, 0.4) is 0 Å². The van der Waals surface area contributed by atoms with Gasteiger partial charge in [-0.2, -0.15) is 0 Å². The fraction of sp³-hybridized carbons (Fsp3) is 0.600. The van der Waals surface area contributed by atoms with Crippen LogP contribution in [0, 0.1) is 0 Å². The van der Waals surface area contributed by atoms with Crippen molar-refractivity contribution in [1.82, 2.24) is 0 Å². The highest BCUT2D eigenvalue weighted by atomic mass is 16.5. The molecule has 0 aliphatic heterocycles. The summed E-state index contributed by atoms with van der Waals surface area (Å²) in [6.45, 7) is 5.00. The fourth-order valence-corrected chi connectivity index (χ4v) is 1.03. The van der Waals surface area contributed by atoms with Crippen LogP contribution in [0.15, 0.2) is 11.3 Å². The topological polar surface area (TPSA) is 63.6 Å². The molecule has 0 saturated carbocycles. The molecule has 0 saturated heterocycles. The number of carbonyl (C=O) groups is 2. The smallest absolute Gasteiger partial charge is 0.373 e. The van der Waals surface area contributed by atoms with Crippen molar-refractivity contribution in [1.29, 1.82) is 0 Å². The van der Waals surface area contributed by atoms with Gasteiger partial charge in [0.2, 0.25) is 5.76 Å². The van der Waals surface area contributed by atoms with Gasteiger partial charge < -0.3 is 9.84 Å². The molecule has 0 aromatic rings. The molecule has 0 bridgehead atoms. The first-order valence-electron chi connectivity index (χ1n) is 4.64. The van der Waals surface area contributed by atoms with Crippen molar-refractivity contribution < 1.29 is 19.4 Å². The summed E-state index contributed by atoms with van der Waals surface area (Å²) >= 11 is 0. The highest BCUT2D eigenvalue weighted by Crippen LogP contribution is 2.11. The van der Waals surface area contributed by atoms with E-state index >= 15 is 0 Å². The molecule has 0 rings (SSSR count). The average molecular weight is 200 g/mol. The lowest BCUT2D eigenvalue weighted by Gasteiger charge is -2.05. The Morgan fingerprint density at radius 1 is 1.29 bits per heavy atom. The lowest BCUT2D eigenvalue weighted by molar-refractivity contribution is -0.142. The van der Waals surface area contributed by atoms with E-state index in [9.17, 15) is 14.7 Å². The zero-order valence-electron chi connectivity index (χ0n) is 8.79. The molecule has 0 fully saturated rings. The Kier molecular flexibility index (Phi) is 5.60. The van der Waals surface area contributed by atoms with E-state index in [0.29, 0.717) is 12.8 Å².